The Hall–Kier alpha value is -2.63. The highest BCUT2D eigenvalue weighted by Gasteiger charge is 2.43. The molecule has 2 aromatic carbocycles. The van der Waals surface area contributed by atoms with Crippen molar-refractivity contribution in [2.75, 3.05) is 13.2 Å². The minimum atomic E-state index is -0.540. The molecule has 0 aliphatic carbocycles. The Morgan fingerprint density at radius 2 is 1.86 bits per heavy atom. The van der Waals surface area contributed by atoms with Crippen molar-refractivity contribution in [2.45, 2.75) is 97.4 Å². The SMILES string of the molecule is CCc1ccc(C2CC3(CCCO3)CCN2Cc2c(C)cc(C)c3c2ccn3C(=O)OC(C)(C)C)cc1. The average Bonchev–Trinajstić information content (AvgIpc) is 3.50. The summed E-state index contributed by atoms with van der Waals surface area (Å²) < 4.78 is 13.8. The molecule has 198 valence electrons. The number of aromatic nitrogens is 1. The van der Waals surface area contributed by atoms with Crippen LogP contribution in [0.4, 0.5) is 4.79 Å². The highest BCUT2D eigenvalue weighted by atomic mass is 16.6. The van der Waals surface area contributed by atoms with Gasteiger partial charge in [0.1, 0.15) is 5.60 Å². The number of aryl methyl sites for hydroxylation is 3. The fourth-order valence-electron chi connectivity index (χ4n) is 6.34. The number of likely N-dealkylation sites (tertiary alicyclic amines) is 1. The first kappa shape index (κ1) is 26.0. The van der Waals surface area contributed by atoms with Crippen LogP contribution >= 0.6 is 0 Å². The average molecular weight is 503 g/mol. The lowest BCUT2D eigenvalue weighted by Gasteiger charge is -2.45. The van der Waals surface area contributed by atoms with Crippen molar-refractivity contribution < 1.29 is 14.3 Å². The van der Waals surface area contributed by atoms with Gasteiger partial charge >= 0.3 is 6.09 Å². The van der Waals surface area contributed by atoms with Gasteiger partial charge in [0.05, 0.1) is 11.1 Å². The van der Waals surface area contributed by atoms with Crippen LogP contribution in [-0.4, -0.2) is 39.9 Å². The second kappa shape index (κ2) is 9.92. The lowest BCUT2D eigenvalue weighted by Crippen LogP contribution is -2.45. The van der Waals surface area contributed by atoms with Crippen LogP contribution in [0, 0.1) is 13.8 Å². The maximum atomic E-state index is 13.0. The van der Waals surface area contributed by atoms with Crippen molar-refractivity contribution in [1.82, 2.24) is 9.47 Å². The topological polar surface area (TPSA) is 43.7 Å². The van der Waals surface area contributed by atoms with Gasteiger partial charge in [-0.05, 0) is 101 Å². The number of benzene rings is 2. The van der Waals surface area contributed by atoms with Gasteiger partial charge in [0.2, 0.25) is 0 Å². The highest BCUT2D eigenvalue weighted by molar-refractivity contribution is 5.94. The van der Waals surface area contributed by atoms with E-state index in [4.69, 9.17) is 9.47 Å². The molecule has 0 amide bonds. The Kier molecular flexibility index (Phi) is 6.97. The molecular formula is C32H42N2O3. The van der Waals surface area contributed by atoms with E-state index in [1.54, 1.807) is 4.57 Å². The normalized spacial score (nSPS) is 22.7. The predicted molar refractivity (Wildman–Crippen MR) is 149 cm³/mol. The number of piperidine rings is 1. The van der Waals surface area contributed by atoms with Crippen molar-refractivity contribution >= 4 is 17.0 Å². The molecule has 0 radical (unpaired) electrons. The number of ether oxygens (including phenoxy) is 2. The van der Waals surface area contributed by atoms with E-state index in [0.717, 1.165) is 68.3 Å². The largest absolute Gasteiger partial charge is 0.443 e. The van der Waals surface area contributed by atoms with Gasteiger partial charge in [0, 0.05) is 37.3 Å². The molecule has 3 heterocycles. The molecule has 2 unspecified atom stereocenters. The van der Waals surface area contributed by atoms with Crippen LogP contribution in [0.2, 0.25) is 0 Å². The summed E-state index contributed by atoms with van der Waals surface area (Å²) in [6.45, 7) is 14.9. The minimum Gasteiger partial charge on any atom is -0.443 e. The molecule has 2 aliphatic heterocycles. The minimum absolute atomic E-state index is 0.0161. The highest BCUT2D eigenvalue weighted by Crippen LogP contribution is 2.45. The summed E-state index contributed by atoms with van der Waals surface area (Å²) >= 11 is 0. The van der Waals surface area contributed by atoms with Crippen molar-refractivity contribution in [3.8, 4) is 0 Å². The Morgan fingerprint density at radius 3 is 2.51 bits per heavy atom. The summed E-state index contributed by atoms with van der Waals surface area (Å²) in [5, 5.41) is 1.14. The monoisotopic (exact) mass is 502 g/mol. The first-order valence-corrected chi connectivity index (χ1v) is 13.9. The van der Waals surface area contributed by atoms with Gasteiger partial charge in [-0.2, -0.15) is 0 Å². The molecule has 0 bridgehead atoms. The lowest BCUT2D eigenvalue weighted by atomic mass is 9.81. The van der Waals surface area contributed by atoms with Crippen LogP contribution in [0.3, 0.4) is 0 Å². The van der Waals surface area contributed by atoms with Gasteiger partial charge in [0.15, 0.2) is 0 Å². The number of nitrogens with zero attached hydrogens (tertiary/aromatic N) is 2. The third-order valence-corrected chi connectivity index (χ3v) is 8.26. The molecule has 2 atom stereocenters. The molecule has 2 aliphatic rings. The summed E-state index contributed by atoms with van der Waals surface area (Å²) in [7, 11) is 0. The summed E-state index contributed by atoms with van der Waals surface area (Å²) in [4.78, 5) is 15.7. The van der Waals surface area contributed by atoms with E-state index in [9.17, 15) is 4.79 Å². The maximum Gasteiger partial charge on any atom is 0.418 e. The van der Waals surface area contributed by atoms with Crippen molar-refractivity contribution in [3.63, 3.8) is 0 Å². The number of carbonyl (C=O) groups is 1. The lowest BCUT2D eigenvalue weighted by molar-refractivity contribution is -0.0675. The third-order valence-electron chi connectivity index (χ3n) is 8.26. The summed E-state index contributed by atoms with van der Waals surface area (Å²) in [5.41, 5.74) is 6.83. The number of rotatable bonds is 4. The van der Waals surface area contributed by atoms with Gasteiger partial charge in [0.25, 0.3) is 0 Å². The summed E-state index contributed by atoms with van der Waals surface area (Å²) in [6, 6.07) is 13.8. The molecule has 37 heavy (non-hydrogen) atoms. The second-order valence-electron chi connectivity index (χ2n) is 12.1. The van der Waals surface area contributed by atoms with E-state index in [-0.39, 0.29) is 11.7 Å². The maximum absolute atomic E-state index is 13.0. The van der Waals surface area contributed by atoms with Crippen molar-refractivity contribution in [1.29, 1.82) is 0 Å². The van der Waals surface area contributed by atoms with Gasteiger partial charge in [-0.1, -0.05) is 37.3 Å². The van der Waals surface area contributed by atoms with E-state index in [2.05, 4.69) is 62.1 Å². The predicted octanol–water partition coefficient (Wildman–Crippen LogP) is 7.49. The molecular weight excluding hydrogens is 460 g/mol. The molecule has 0 saturated carbocycles. The van der Waals surface area contributed by atoms with E-state index >= 15 is 0 Å². The molecule has 5 heteroatoms. The van der Waals surface area contributed by atoms with Crippen LogP contribution in [-0.2, 0) is 22.4 Å². The van der Waals surface area contributed by atoms with Gasteiger partial charge < -0.3 is 9.47 Å². The van der Waals surface area contributed by atoms with Gasteiger partial charge in [-0.15, -0.1) is 0 Å². The number of fused-ring (bicyclic) bond motifs is 1. The van der Waals surface area contributed by atoms with E-state index in [0.29, 0.717) is 6.04 Å². The fourth-order valence-corrected chi connectivity index (χ4v) is 6.34. The third kappa shape index (κ3) is 5.21. The van der Waals surface area contributed by atoms with Crippen LogP contribution in [0.15, 0.2) is 42.6 Å². The molecule has 1 spiro atoms. The number of carbonyl (C=O) groups excluding carboxylic acids is 1. The molecule has 2 saturated heterocycles. The first-order chi connectivity index (χ1) is 17.6. The van der Waals surface area contributed by atoms with Crippen molar-refractivity contribution in [2.24, 2.45) is 0 Å². The number of hydrogen-bond donors (Lipinski definition) is 0. The van der Waals surface area contributed by atoms with E-state index in [1.807, 2.05) is 27.0 Å². The molecule has 1 aromatic heterocycles. The first-order valence-electron chi connectivity index (χ1n) is 13.9. The van der Waals surface area contributed by atoms with Crippen LogP contribution < -0.4 is 0 Å². The Balaban J connectivity index is 1.51. The molecule has 5 nitrogen and oxygen atoms in total. The zero-order chi connectivity index (χ0) is 26.4. The van der Waals surface area contributed by atoms with Crippen LogP contribution in [0.5, 0.6) is 0 Å². The number of hydrogen-bond acceptors (Lipinski definition) is 4. The zero-order valence-electron chi connectivity index (χ0n) is 23.4. The van der Waals surface area contributed by atoms with E-state index in [1.165, 1.54) is 22.3 Å². The summed E-state index contributed by atoms with van der Waals surface area (Å²) in [5.74, 6) is 0. The quantitative estimate of drug-likeness (QED) is 0.371. The van der Waals surface area contributed by atoms with Gasteiger partial charge in [-0.3, -0.25) is 9.47 Å². The molecule has 2 fully saturated rings. The Morgan fingerprint density at radius 1 is 1.11 bits per heavy atom. The molecule has 0 N–H and O–H groups in total. The Labute approximate surface area is 221 Å². The fraction of sp³-hybridized carbons (Fsp3) is 0.531. The second-order valence-corrected chi connectivity index (χ2v) is 12.1. The standard InChI is InChI=1S/C32H42N2O3/c1-7-24-9-11-25(12-10-24)28-20-32(14-8-18-36-32)15-17-33(28)21-27-22(2)19-23(3)29-26(27)13-16-34(29)30(35)37-31(4,5)6/h9-13,16,19,28H,7-8,14-15,17-18,20-21H2,1-6H3. The zero-order valence-corrected chi connectivity index (χ0v) is 23.4. The summed E-state index contributed by atoms with van der Waals surface area (Å²) in [6.07, 6.45) is 7.03. The smallest absolute Gasteiger partial charge is 0.418 e. The molecule has 5 rings (SSSR count). The van der Waals surface area contributed by atoms with Gasteiger partial charge in [-0.25, -0.2) is 4.79 Å². The Bertz CT molecular complexity index is 1280. The van der Waals surface area contributed by atoms with Crippen LogP contribution in [0.25, 0.3) is 10.9 Å². The molecule has 3 aromatic rings. The van der Waals surface area contributed by atoms with Crippen LogP contribution in [0.1, 0.15) is 87.2 Å². The van der Waals surface area contributed by atoms with E-state index < -0.39 is 5.60 Å². The van der Waals surface area contributed by atoms with Crippen molar-refractivity contribution in [3.05, 3.63) is 70.4 Å².